The minimum Gasteiger partial charge on any atom is -0.489 e. The van der Waals surface area contributed by atoms with Gasteiger partial charge < -0.3 is 9.57 Å². The summed E-state index contributed by atoms with van der Waals surface area (Å²) in [7, 11) is 0. The van der Waals surface area contributed by atoms with Gasteiger partial charge in [-0.1, -0.05) is 48.0 Å². The standard InChI is InChI=1S/C20H19NO2/c1-16-7-9-18(10-8-16)21-23-20-13-11-19(12-14-20)22-15-17-5-3-2-4-6-17/h2-14,21H,15H2,1H3. The van der Waals surface area contributed by atoms with Crippen LogP contribution < -0.4 is 15.1 Å². The molecule has 3 rings (SSSR count). The second-order valence-electron chi connectivity index (χ2n) is 5.32. The van der Waals surface area contributed by atoms with Gasteiger partial charge in [-0.2, -0.15) is 0 Å². The molecule has 3 aromatic rings. The first-order valence-corrected chi connectivity index (χ1v) is 7.56. The van der Waals surface area contributed by atoms with Gasteiger partial charge in [0, 0.05) is 0 Å². The van der Waals surface area contributed by atoms with E-state index in [1.165, 1.54) is 5.56 Å². The lowest BCUT2D eigenvalue weighted by molar-refractivity contribution is 0.305. The van der Waals surface area contributed by atoms with Crippen molar-refractivity contribution in [3.05, 3.63) is 90.0 Å². The van der Waals surface area contributed by atoms with E-state index < -0.39 is 0 Å². The molecule has 3 aromatic carbocycles. The molecule has 0 bridgehead atoms. The molecule has 0 atom stereocenters. The van der Waals surface area contributed by atoms with Crippen LogP contribution in [0.2, 0.25) is 0 Å². The lowest BCUT2D eigenvalue weighted by Gasteiger charge is -2.10. The number of ether oxygens (including phenoxy) is 1. The highest BCUT2D eigenvalue weighted by atomic mass is 16.6. The van der Waals surface area contributed by atoms with Crippen molar-refractivity contribution in [2.24, 2.45) is 0 Å². The zero-order valence-corrected chi connectivity index (χ0v) is 13.0. The Bertz CT molecular complexity index is 722. The van der Waals surface area contributed by atoms with Crippen LogP contribution in [0.3, 0.4) is 0 Å². The molecule has 3 nitrogen and oxygen atoms in total. The summed E-state index contributed by atoms with van der Waals surface area (Å²) >= 11 is 0. The maximum Gasteiger partial charge on any atom is 0.155 e. The average molecular weight is 305 g/mol. The lowest BCUT2D eigenvalue weighted by atomic mass is 10.2. The van der Waals surface area contributed by atoms with Crippen molar-refractivity contribution in [3.63, 3.8) is 0 Å². The number of aryl methyl sites for hydroxylation is 1. The quantitative estimate of drug-likeness (QED) is 0.651. The Balaban J connectivity index is 1.51. The van der Waals surface area contributed by atoms with Crippen molar-refractivity contribution in [3.8, 4) is 11.5 Å². The fourth-order valence-corrected chi connectivity index (χ4v) is 2.08. The van der Waals surface area contributed by atoms with Gasteiger partial charge >= 0.3 is 0 Å². The summed E-state index contributed by atoms with van der Waals surface area (Å²) in [5.41, 5.74) is 6.21. The second kappa shape index (κ2) is 7.36. The molecule has 0 saturated heterocycles. The number of anilines is 1. The lowest BCUT2D eigenvalue weighted by Crippen LogP contribution is -2.04. The highest BCUT2D eigenvalue weighted by Crippen LogP contribution is 2.19. The first-order chi connectivity index (χ1) is 11.3. The Hall–Kier alpha value is -2.94. The fourth-order valence-electron chi connectivity index (χ4n) is 2.08. The molecular weight excluding hydrogens is 286 g/mol. The third kappa shape index (κ3) is 4.51. The zero-order chi connectivity index (χ0) is 15.9. The molecule has 23 heavy (non-hydrogen) atoms. The van der Waals surface area contributed by atoms with E-state index in [1.807, 2.05) is 78.9 Å². The minimum absolute atomic E-state index is 0.558. The molecule has 116 valence electrons. The van der Waals surface area contributed by atoms with Crippen LogP contribution in [-0.2, 0) is 6.61 Å². The molecule has 3 heteroatoms. The summed E-state index contributed by atoms with van der Waals surface area (Å²) in [5, 5.41) is 0. The van der Waals surface area contributed by atoms with Gasteiger partial charge in [0.25, 0.3) is 0 Å². The minimum atomic E-state index is 0.558. The predicted molar refractivity (Wildman–Crippen MR) is 92.6 cm³/mol. The van der Waals surface area contributed by atoms with E-state index in [0.717, 1.165) is 22.7 Å². The molecule has 0 radical (unpaired) electrons. The van der Waals surface area contributed by atoms with E-state index in [1.54, 1.807) is 0 Å². The van der Waals surface area contributed by atoms with E-state index in [0.29, 0.717) is 6.61 Å². The van der Waals surface area contributed by atoms with Crippen LogP contribution in [0.5, 0.6) is 11.5 Å². The molecule has 0 aliphatic rings. The zero-order valence-electron chi connectivity index (χ0n) is 13.0. The van der Waals surface area contributed by atoms with Crippen LogP contribution in [-0.4, -0.2) is 0 Å². The fraction of sp³-hybridized carbons (Fsp3) is 0.100. The van der Waals surface area contributed by atoms with Gasteiger partial charge in [-0.05, 0) is 48.9 Å². The number of nitrogens with one attached hydrogen (secondary N) is 1. The molecule has 0 aromatic heterocycles. The SMILES string of the molecule is Cc1ccc(NOc2ccc(OCc3ccccc3)cc2)cc1. The smallest absolute Gasteiger partial charge is 0.155 e. The second-order valence-corrected chi connectivity index (χ2v) is 5.32. The average Bonchev–Trinajstić information content (AvgIpc) is 2.61. The van der Waals surface area contributed by atoms with Gasteiger partial charge in [0.1, 0.15) is 12.4 Å². The van der Waals surface area contributed by atoms with Crippen molar-refractivity contribution < 1.29 is 9.57 Å². The number of hydrogen-bond donors (Lipinski definition) is 1. The van der Waals surface area contributed by atoms with E-state index in [4.69, 9.17) is 9.57 Å². The Morgan fingerprint density at radius 3 is 2.09 bits per heavy atom. The van der Waals surface area contributed by atoms with Gasteiger partial charge in [0.15, 0.2) is 5.75 Å². The predicted octanol–water partition coefficient (Wildman–Crippen LogP) is 4.98. The van der Waals surface area contributed by atoms with Gasteiger partial charge in [-0.15, -0.1) is 0 Å². The van der Waals surface area contributed by atoms with Crippen molar-refractivity contribution in [2.45, 2.75) is 13.5 Å². The third-order valence-electron chi connectivity index (χ3n) is 3.41. The van der Waals surface area contributed by atoms with Gasteiger partial charge in [-0.25, -0.2) is 5.48 Å². The van der Waals surface area contributed by atoms with Gasteiger partial charge in [0.05, 0.1) is 5.69 Å². The Morgan fingerprint density at radius 2 is 1.39 bits per heavy atom. The van der Waals surface area contributed by atoms with Crippen LogP contribution in [0.4, 0.5) is 5.69 Å². The maximum atomic E-state index is 5.75. The van der Waals surface area contributed by atoms with E-state index in [9.17, 15) is 0 Å². The molecular formula is C20H19NO2. The van der Waals surface area contributed by atoms with Crippen molar-refractivity contribution in [1.29, 1.82) is 0 Å². The number of benzene rings is 3. The monoisotopic (exact) mass is 305 g/mol. The van der Waals surface area contributed by atoms with Crippen LogP contribution in [0.25, 0.3) is 0 Å². The summed E-state index contributed by atoms with van der Waals surface area (Å²) in [4.78, 5) is 5.54. The molecule has 0 fully saturated rings. The summed E-state index contributed by atoms with van der Waals surface area (Å²) in [6.45, 7) is 2.61. The molecule has 0 unspecified atom stereocenters. The highest BCUT2D eigenvalue weighted by molar-refractivity contribution is 5.43. The Morgan fingerprint density at radius 1 is 0.739 bits per heavy atom. The maximum absolute atomic E-state index is 5.75. The molecule has 0 aliphatic heterocycles. The summed E-state index contributed by atoms with van der Waals surface area (Å²) in [6.07, 6.45) is 0. The first-order valence-electron chi connectivity index (χ1n) is 7.56. The number of rotatable bonds is 6. The van der Waals surface area contributed by atoms with Gasteiger partial charge in [0.2, 0.25) is 0 Å². The number of hydrogen-bond acceptors (Lipinski definition) is 3. The Kier molecular flexibility index (Phi) is 4.79. The van der Waals surface area contributed by atoms with Crippen LogP contribution >= 0.6 is 0 Å². The molecule has 0 saturated carbocycles. The van der Waals surface area contributed by atoms with E-state index in [-0.39, 0.29) is 0 Å². The first kappa shape index (κ1) is 15.0. The summed E-state index contributed by atoms with van der Waals surface area (Å²) in [6, 6.07) is 25.7. The molecule has 1 N–H and O–H groups in total. The van der Waals surface area contributed by atoms with Crippen LogP contribution in [0.15, 0.2) is 78.9 Å². The van der Waals surface area contributed by atoms with Crippen molar-refractivity contribution >= 4 is 5.69 Å². The molecule has 0 amide bonds. The molecule has 0 spiro atoms. The summed E-state index contributed by atoms with van der Waals surface area (Å²) < 4.78 is 5.75. The summed E-state index contributed by atoms with van der Waals surface area (Å²) in [5.74, 6) is 1.55. The largest absolute Gasteiger partial charge is 0.489 e. The molecule has 0 aliphatic carbocycles. The normalized spacial score (nSPS) is 10.1. The van der Waals surface area contributed by atoms with Crippen LogP contribution in [0, 0.1) is 6.92 Å². The van der Waals surface area contributed by atoms with Gasteiger partial charge in [-0.3, -0.25) is 0 Å². The van der Waals surface area contributed by atoms with E-state index in [2.05, 4.69) is 12.4 Å². The Labute approximate surface area is 136 Å². The van der Waals surface area contributed by atoms with Crippen molar-refractivity contribution in [1.82, 2.24) is 0 Å². The van der Waals surface area contributed by atoms with Crippen molar-refractivity contribution in [2.75, 3.05) is 5.48 Å². The van der Waals surface area contributed by atoms with Crippen LogP contribution in [0.1, 0.15) is 11.1 Å². The van der Waals surface area contributed by atoms with E-state index >= 15 is 0 Å². The highest BCUT2D eigenvalue weighted by Gasteiger charge is 1.98. The molecule has 0 heterocycles. The third-order valence-corrected chi connectivity index (χ3v) is 3.41. The topological polar surface area (TPSA) is 30.5 Å².